The van der Waals surface area contributed by atoms with E-state index in [-0.39, 0.29) is 17.8 Å². The van der Waals surface area contributed by atoms with Gasteiger partial charge in [-0.3, -0.25) is 14.8 Å². The van der Waals surface area contributed by atoms with Crippen molar-refractivity contribution < 1.29 is 9.18 Å². The van der Waals surface area contributed by atoms with Crippen LogP contribution in [0.5, 0.6) is 0 Å². The van der Waals surface area contributed by atoms with Gasteiger partial charge in [0.15, 0.2) is 0 Å². The van der Waals surface area contributed by atoms with Crippen molar-refractivity contribution in [3.63, 3.8) is 0 Å². The number of halogens is 1. The van der Waals surface area contributed by atoms with Crippen molar-refractivity contribution in [2.75, 3.05) is 38.1 Å². The summed E-state index contributed by atoms with van der Waals surface area (Å²) >= 11 is 0. The Balaban J connectivity index is 1.90. The molecule has 2 heterocycles. The number of aliphatic imine (C=N–C) groups is 1. The summed E-state index contributed by atoms with van der Waals surface area (Å²) < 4.78 is 14.5. The first-order chi connectivity index (χ1) is 13.5. The van der Waals surface area contributed by atoms with E-state index < -0.39 is 0 Å². The molecule has 2 aromatic rings. The molecule has 148 valence electrons. The summed E-state index contributed by atoms with van der Waals surface area (Å²) in [5, 5.41) is 0.466. The van der Waals surface area contributed by atoms with Crippen LogP contribution in [0.2, 0.25) is 0 Å². The van der Waals surface area contributed by atoms with Crippen LogP contribution >= 0.6 is 0 Å². The molecule has 1 aromatic carbocycles. The lowest BCUT2D eigenvalue weighted by Gasteiger charge is -2.37. The van der Waals surface area contributed by atoms with Crippen molar-refractivity contribution in [3.8, 4) is 0 Å². The van der Waals surface area contributed by atoms with Crippen LogP contribution in [0.25, 0.3) is 10.9 Å². The number of pyridine rings is 1. The molecule has 0 aliphatic carbocycles. The van der Waals surface area contributed by atoms with Gasteiger partial charge < -0.3 is 21.3 Å². The lowest BCUT2D eigenvalue weighted by molar-refractivity contribution is -0.126. The third-order valence-electron chi connectivity index (χ3n) is 4.91. The first-order valence-corrected chi connectivity index (χ1v) is 9.19. The Labute approximate surface area is 163 Å². The monoisotopic (exact) mass is 384 g/mol. The van der Waals surface area contributed by atoms with E-state index in [1.54, 1.807) is 30.3 Å². The smallest absolute Gasteiger partial charge is 0.256 e. The molecule has 7 nitrogen and oxygen atoms in total. The lowest BCUT2D eigenvalue weighted by atomic mass is 10.0. The van der Waals surface area contributed by atoms with Crippen molar-refractivity contribution in [2.45, 2.75) is 13.0 Å². The highest BCUT2D eigenvalue weighted by Crippen LogP contribution is 2.35. The first kappa shape index (κ1) is 19.8. The minimum Gasteiger partial charge on any atom is -0.404 e. The number of nitrogens with zero attached hydrogens (tertiary/aromatic N) is 4. The molecule has 0 radical (unpaired) electrons. The second-order valence-electron chi connectivity index (χ2n) is 6.77. The van der Waals surface area contributed by atoms with E-state index >= 15 is 0 Å². The average molecular weight is 384 g/mol. The number of nitrogens with two attached hydrogens (primary N) is 2. The van der Waals surface area contributed by atoms with E-state index in [2.05, 4.69) is 14.9 Å². The van der Waals surface area contributed by atoms with E-state index in [9.17, 15) is 9.18 Å². The fraction of sp³-hybridized carbons (Fsp3) is 0.350. The van der Waals surface area contributed by atoms with Gasteiger partial charge in [0.1, 0.15) is 5.82 Å². The Morgan fingerprint density at radius 2 is 2.07 bits per heavy atom. The van der Waals surface area contributed by atoms with Gasteiger partial charge in [0, 0.05) is 63.3 Å². The summed E-state index contributed by atoms with van der Waals surface area (Å²) in [7, 11) is 1.59. The Morgan fingerprint density at radius 3 is 2.68 bits per heavy atom. The SMILES string of the molecule is CN=CC(=CN)C(=O)N1CCN(c2c(C(C)N)cc(F)c3cccnc23)CC1. The van der Waals surface area contributed by atoms with Crippen LogP contribution in [0, 0.1) is 5.82 Å². The zero-order valence-electron chi connectivity index (χ0n) is 16.1. The highest BCUT2D eigenvalue weighted by molar-refractivity contribution is 6.12. The zero-order chi connectivity index (χ0) is 20.3. The minimum atomic E-state index is -0.344. The molecule has 28 heavy (non-hydrogen) atoms. The average Bonchev–Trinajstić information content (AvgIpc) is 2.71. The van der Waals surface area contributed by atoms with Crippen LogP contribution in [-0.2, 0) is 4.79 Å². The van der Waals surface area contributed by atoms with Gasteiger partial charge in [-0.2, -0.15) is 0 Å². The molecule has 3 rings (SSSR count). The van der Waals surface area contributed by atoms with Crippen LogP contribution in [0.3, 0.4) is 0 Å². The van der Waals surface area contributed by atoms with Crippen molar-refractivity contribution in [3.05, 3.63) is 47.5 Å². The van der Waals surface area contributed by atoms with E-state index in [1.807, 2.05) is 6.92 Å². The fourth-order valence-corrected chi connectivity index (χ4v) is 3.51. The zero-order valence-corrected chi connectivity index (χ0v) is 16.1. The van der Waals surface area contributed by atoms with E-state index in [1.165, 1.54) is 18.5 Å². The molecule has 1 aliphatic heterocycles. The topological polar surface area (TPSA) is 101 Å². The number of carbonyl (C=O) groups is 1. The molecule has 0 spiro atoms. The predicted octanol–water partition coefficient (Wildman–Crippen LogP) is 1.59. The highest BCUT2D eigenvalue weighted by Gasteiger charge is 2.27. The van der Waals surface area contributed by atoms with Crippen LogP contribution in [0.15, 0.2) is 41.2 Å². The maximum atomic E-state index is 14.5. The van der Waals surface area contributed by atoms with Crippen LogP contribution in [0.4, 0.5) is 10.1 Å². The van der Waals surface area contributed by atoms with Crippen molar-refractivity contribution >= 4 is 28.7 Å². The Bertz CT molecular complexity index is 932. The molecule has 1 fully saturated rings. The summed E-state index contributed by atoms with van der Waals surface area (Å²) in [6.45, 7) is 4.03. The number of rotatable bonds is 4. The van der Waals surface area contributed by atoms with Crippen molar-refractivity contribution in [1.82, 2.24) is 9.88 Å². The molecule has 1 aromatic heterocycles. The number of piperazine rings is 1. The number of anilines is 1. The van der Waals surface area contributed by atoms with E-state index in [4.69, 9.17) is 11.5 Å². The quantitative estimate of drug-likeness (QED) is 0.616. The van der Waals surface area contributed by atoms with Crippen LogP contribution < -0.4 is 16.4 Å². The molecule has 1 unspecified atom stereocenters. The van der Waals surface area contributed by atoms with E-state index in [0.29, 0.717) is 48.2 Å². The fourth-order valence-electron chi connectivity index (χ4n) is 3.51. The van der Waals surface area contributed by atoms with Gasteiger partial charge in [-0.1, -0.05) is 0 Å². The summed E-state index contributed by atoms with van der Waals surface area (Å²) in [5.74, 6) is -0.480. The molecule has 1 atom stereocenters. The normalized spacial score (nSPS) is 16.8. The summed E-state index contributed by atoms with van der Waals surface area (Å²) in [4.78, 5) is 24.7. The standard InChI is InChI=1S/C20H25FN6O/c1-13(23)16-10-17(21)15-4-3-5-25-18(15)19(16)26-6-8-27(9-7-26)20(28)14(11-22)12-24-2/h3-5,10-13H,6-9,22-23H2,1-2H3. The molecule has 1 saturated heterocycles. The third-order valence-corrected chi connectivity index (χ3v) is 4.91. The number of hydrogen-bond acceptors (Lipinski definition) is 6. The van der Waals surface area contributed by atoms with Gasteiger partial charge in [0.2, 0.25) is 0 Å². The maximum Gasteiger partial charge on any atom is 0.256 e. The number of benzene rings is 1. The van der Waals surface area contributed by atoms with Gasteiger partial charge in [-0.15, -0.1) is 0 Å². The molecule has 8 heteroatoms. The molecule has 4 N–H and O–H groups in total. The third kappa shape index (κ3) is 3.68. The summed E-state index contributed by atoms with van der Waals surface area (Å²) in [5.41, 5.74) is 14.2. The number of amides is 1. The summed E-state index contributed by atoms with van der Waals surface area (Å²) in [6.07, 6.45) is 4.38. The Kier molecular flexibility index (Phi) is 5.89. The van der Waals surface area contributed by atoms with Gasteiger partial charge >= 0.3 is 0 Å². The second kappa shape index (κ2) is 8.35. The Morgan fingerprint density at radius 1 is 1.36 bits per heavy atom. The van der Waals surface area contributed by atoms with Gasteiger partial charge in [0.05, 0.1) is 16.8 Å². The van der Waals surface area contributed by atoms with E-state index in [0.717, 1.165) is 5.69 Å². The molecule has 1 amide bonds. The maximum absolute atomic E-state index is 14.5. The summed E-state index contributed by atoms with van der Waals surface area (Å²) in [6, 6.07) is 4.58. The van der Waals surface area contributed by atoms with Gasteiger partial charge in [-0.05, 0) is 30.7 Å². The highest BCUT2D eigenvalue weighted by atomic mass is 19.1. The second-order valence-corrected chi connectivity index (χ2v) is 6.77. The number of aromatic nitrogens is 1. The largest absolute Gasteiger partial charge is 0.404 e. The van der Waals surface area contributed by atoms with Crippen LogP contribution in [-0.4, -0.2) is 55.2 Å². The van der Waals surface area contributed by atoms with Gasteiger partial charge in [-0.25, -0.2) is 4.39 Å². The molecule has 0 bridgehead atoms. The van der Waals surface area contributed by atoms with Gasteiger partial charge in [0.25, 0.3) is 5.91 Å². The molecule has 0 saturated carbocycles. The van der Waals surface area contributed by atoms with Crippen molar-refractivity contribution in [1.29, 1.82) is 0 Å². The number of carbonyl (C=O) groups excluding carboxylic acids is 1. The molecular weight excluding hydrogens is 359 g/mol. The Hall–Kier alpha value is -3.00. The molecule has 1 aliphatic rings. The van der Waals surface area contributed by atoms with Crippen molar-refractivity contribution in [2.24, 2.45) is 16.5 Å². The first-order valence-electron chi connectivity index (χ1n) is 9.19. The molecular formula is C20H25FN6O. The number of fused-ring (bicyclic) bond motifs is 1. The number of hydrogen-bond donors (Lipinski definition) is 2. The minimum absolute atomic E-state index is 0.151. The predicted molar refractivity (Wildman–Crippen MR) is 110 cm³/mol. The van der Waals surface area contributed by atoms with Crippen LogP contribution in [0.1, 0.15) is 18.5 Å². The lowest BCUT2D eigenvalue weighted by Crippen LogP contribution is -2.49.